The Balaban J connectivity index is 1.68. The molecule has 1 unspecified atom stereocenters. The van der Waals surface area contributed by atoms with Crippen LogP contribution in [0.2, 0.25) is 0 Å². The lowest BCUT2D eigenvalue weighted by Gasteiger charge is -2.08. The zero-order valence-electron chi connectivity index (χ0n) is 14.1. The Kier molecular flexibility index (Phi) is 4.34. The third kappa shape index (κ3) is 2.82. The molecular formula is C20H16N2O3S. The summed E-state index contributed by atoms with van der Waals surface area (Å²) in [7, 11) is 0. The van der Waals surface area contributed by atoms with E-state index in [4.69, 9.17) is 4.74 Å². The van der Waals surface area contributed by atoms with Gasteiger partial charge in [0.1, 0.15) is 6.04 Å². The van der Waals surface area contributed by atoms with E-state index < -0.39 is 11.9 Å². The van der Waals surface area contributed by atoms with Gasteiger partial charge in [-0.25, -0.2) is 9.79 Å². The van der Waals surface area contributed by atoms with Crippen LogP contribution in [-0.4, -0.2) is 23.7 Å². The van der Waals surface area contributed by atoms with Crippen LogP contribution in [-0.2, 0) is 14.3 Å². The summed E-state index contributed by atoms with van der Waals surface area (Å²) < 4.78 is 4.73. The summed E-state index contributed by atoms with van der Waals surface area (Å²) in [5.74, 6) is -1.70. The van der Waals surface area contributed by atoms with Gasteiger partial charge in [0.25, 0.3) is 0 Å². The molecule has 0 fully saturated rings. The maximum absolute atomic E-state index is 11.9. The summed E-state index contributed by atoms with van der Waals surface area (Å²) in [5, 5.41) is 2.98. The van der Waals surface area contributed by atoms with Crippen LogP contribution in [0, 0.1) is 0 Å². The molecule has 2 aromatic rings. The average Bonchev–Trinajstić information content (AvgIpc) is 3.19. The number of amides is 1. The van der Waals surface area contributed by atoms with E-state index in [1.165, 1.54) is 11.8 Å². The molecule has 0 aromatic heterocycles. The van der Waals surface area contributed by atoms with Gasteiger partial charge in [0.05, 0.1) is 6.61 Å². The van der Waals surface area contributed by atoms with Crippen LogP contribution in [0.25, 0.3) is 5.57 Å². The number of ether oxygens (including phenoxy) is 1. The van der Waals surface area contributed by atoms with Gasteiger partial charge in [-0.2, -0.15) is 0 Å². The van der Waals surface area contributed by atoms with Crippen molar-refractivity contribution in [2.45, 2.75) is 13.0 Å². The van der Waals surface area contributed by atoms with E-state index in [-0.39, 0.29) is 12.6 Å². The van der Waals surface area contributed by atoms with E-state index in [0.29, 0.717) is 5.17 Å². The number of aliphatic imine (C=N–C) groups is 1. The number of hydrogen-bond acceptors (Lipinski definition) is 5. The van der Waals surface area contributed by atoms with Gasteiger partial charge in [0, 0.05) is 10.5 Å². The van der Waals surface area contributed by atoms with Gasteiger partial charge < -0.3 is 4.74 Å². The van der Waals surface area contributed by atoms with Crippen LogP contribution in [0.3, 0.4) is 0 Å². The number of nitrogens with one attached hydrogen (secondary N) is 1. The van der Waals surface area contributed by atoms with Gasteiger partial charge in [-0.15, -0.1) is 0 Å². The zero-order chi connectivity index (χ0) is 18.1. The molecule has 0 saturated carbocycles. The van der Waals surface area contributed by atoms with Crippen molar-refractivity contribution in [1.29, 1.82) is 0 Å². The van der Waals surface area contributed by atoms with E-state index in [1.807, 2.05) is 30.3 Å². The number of rotatable bonds is 2. The van der Waals surface area contributed by atoms with Gasteiger partial charge in [0.15, 0.2) is 5.17 Å². The summed E-state index contributed by atoms with van der Waals surface area (Å²) in [6, 6.07) is 18.1. The van der Waals surface area contributed by atoms with Gasteiger partial charge in [-0.3, -0.25) is 10.1 Å². The van der Waals surface area contributed by atoms with Crippen molar-refractivity contribution in [3.8, 4) is 0 Å². The van der Waals surface area contributed by atoms with Crippen LogP contribution < -0.4 is 5.32 Å². The Labute approximate surface area is 155 Å². The number of carbonyl (C=O) groups is 2. The minimum atomic E-state index is -0.898. The fourth-order valence-electron chi connectivity index (χ4n) is 3.16. The minimum absolute atomic E-state index is 0.149. The van der Waals surface area contributed by atoms with Gasteiger partial charge in [-0.1, -0.05) is 66.4 Å². The molecule has 1 N–H and O–H groups in total. The normalized spacial score (nSPS) is 17.4. The van der Waals surface area contributed by atoms with E-state index >= 15 is 0 Å². The second kappa shape index (κ2) is 6.80. The van der Waals surface area contributed by atoms with Crippen molar-refractivity contribution in [3.05, 3.63) is 76.2 Å². The maximum atomic E-state index is 11.9. The molecule has 0 spiro atoms. The summed E-state index contributed by atoms with van der Waals surface area (Å²) in [4.78, 5) is 29.2. The topological polar surface area (TPSA) is 67.8 Å². The molecule has 1 atom stereocenters. The Hall–Kier alpha value is -2.86. The van der Waals surface area contributed by atoms with Gasteiger partial charge >= 0.3 is 11.9 Å². The lowest BCUT2D eigenvalue weighted by atomic mass is 9.99. The predicted octanol–water partition coefficient (Wildman–Crippen LogP) is 3.28. The van der Waals surface area contributed by atoms with Crippen LogP contribution in [0.4, 0.5) is 0 Å². The molecule has 5 nitrogen and oxygen atoms in total. The van der Waals surface area contributed by atoms with Crippen molar-refractivity contribution in [2.24, 2.45) is 4.99 Å². The molecule has 2 aromatic carbocycles. The number of thioether (sulfide) groups is 1. The van der Waals surface area contributed by atoms with Crippen LogP contribution in [0.1, 0.15) is 29.7 Å². The van der Waals surface area contributed by atoms with Crippen molar-refractivity contribution in [3.63, 3.8) is 0 Å². The number of amidine groups is 1. The molecule has 1 amide bonds. The SMILES string of the molecule is CCOC(=O)C(=O)NC1=NC2C(=C(c3ccccc3)c3ccccc32)S1. The summed E-state index contributed by atoms with van der Waals surface area (Å²) in [5.41, 5.74) is 4.50. The number of hydrogen-bond donors (Lipinski definition) is 1. The summed E-state index contributed by atoms with van der Waals surface area (Å²) in [6.07, 6.45) is 0. The Morgan fingerprint density at radius 1 is 1.12 bits per heavy atom. The van der Waals surface area contributed by atoms with Crippen molar-refractivity contribution in [1.82, 2.24) is 5.32 Å². The second-order valence-electron chi connectivity index (χ2n) is 5.81. The molecule has 2 aliphatic rings. The molecule has 4 rings (SSSR count). The fraction of sp³-hybridized carbons (Fsp3) is 0.150. The second-order valence-corrected chi connectivity index (χ2v) is 6.84. The Morgan fingerprint density at radius 2 is 1.85 bits per heavy atom. The summed E-state index contributed by atoms with van der Waals surface area (Å²) in [6.45, 7) is 1.82. The van der Waals surface area contributed by atoms with Crippen molar-refractivity contribution < 1.29 is 14.3 Å². The van der Waals surface area contributed by atoms with Gasteiger partial charge in [-0.05, 0) is 23.6 Å². The summed E-state index contributed by atoms with van der Waals surface area (Å²) >= 11 is 1.39. The molecule has 26 heavy (non-hydrogen) atoms. The quantitative estimate of drug-likeness (QED) is 0.656. The molecule has 1 aliphatic heterocycles. The van der Waals surface area contributed by atoms with Crippen molar-refractivity contribution >= 4 is 34.4 Å². The maximum Gasteiger partial charge on any atom is 0.397 e. The van der Waals surface area contributed by atoms with Gasteiger partial charge in [0.2, 0.25) is 0 Å². The number of fused-ring (bicyclic) bond motifs is 3. The third-order valence-corrected chi connectivity index (χ3v) is 5.26. The molecule has 0 saturated heterocycles. The molecule has 1 aliphatic carbocycles. The van der Waals surface area contributed by atoms with Crippen LogP contribution >= 0.6 is 11.8 Å². The van der Waals surface area contributed by atoms with E-state index in [9.17, 15) is 9.59 Å². The molecular weight excluding hydrogens is 348 g/mol. The molecule has 0 radical (unpaired) electrons. The smallest absolute Gasteiger partial charge is 0.397 e. The predicted molar refractivity (Wildman–Crippen MR) is 101 cm³/mol. The average molecular weight is 364 g/mol. The number of benzene rings is 2. The van der Waals surface area contributed by atoms with Crippen LogP contribution in [0.15, 0.2) is 64.5 Å². The minimum Gasteiger partial charge on any atom is -0.459 e. The first kappa shape index (κ1) is 16.6. The number of nitrogens with zero attached hydrogens (tertiary/aromatic N) is 1. The lowest BCUT2D eigenvalue weighted by Crippen LogP contribution is -2.35. The molecule has 6 heteroatoms. The van der Waals surface area contributed by atoms with E-state index in [2.05, 4.69) is 34.6 Å². The highest BCUT2D eigenvalue weighted by Gasteiger charge is 2.37. The highest BCUT2D eigenvalue weighted by molar-refractivity contribution is 8.17. The largest absolute Gasteiger partial charge is 0.459 e. The first-order chi connectivity index (χ1) is 12.7. The highest BCUT2D eigenvalue weighted by Crippen LogP contribution is 2.53. The molecule has 130 valence electrons. The number of carbonyl (C=O) groups excluding carboxylic acids is 2. The third-order valence-electron chi connectivity index (χ3n) is 4.22. The first-order valence-corrected chi connectivity index (χ1v) is 9.13. The standard InChI is InChI=1S/C20H16N2O3S/c1-2-25-19(24)18(23)22-20-21-16-14-11-7-6-10-13(14)15(17(16)26-20)12-8-4-3-5-9-12/h3-11,16H,2H2,1H3,(H,21,22,23). The molecule has 0 bridgehead atoms. The molecule has 1 heterocycles. The Bertz CT molecular complexity index is 951. The highest BCUT2D eigenvalue weighted by atomic mass is 32.2. The lowest BCUT2D eigenvalue weighted by molar-refractivity contribution is -0.153. The zero-order valence-corrected chi connectivity index (χ0v) is 14.9. The first-order valence-electron chi connectivity index (χ1n) is 8.31. The Morgan fingerprint density at radius 3 is 2.62 bits per heavy atom. The van der Waals surface area contributed by atoms with Crippen molar-refractivity contribution in [2.75, 3.05) is 6.61 Å². The number of esters is 1. The van der Waals surface area contributed by atoms with E-state index in [1.54, 1.807) is 6.92 Å². The van der Waals surface area contributed by atoms with E-state index in [0.717, 1.165) is 27.2 Å². The van der Waals surface area contributed by atoms with Crippen LogP contribution in [0.5, 0.6) is 0 Å². The fourth-order valence-corrected chi connectivity index (χ4v) is 4.29. The monoisotopic (exact) mass is 364 g/mol.